The Kier molecular flexibility index (Phi) is 4.94. The molecule has 3 amide bonds. The van der Waals surface area contributed by atoms with Crippen molar-refractivity contribution in [2.45, 2.75) is 26.3 Å². The molecule has 7 nitrogen and oxygen atoms in total. The van der Waals surface area contributed by atoms with Crippen molar-refractivity contribution in [3.05, 3.63) is 0 Å². The van der Waals surface area contributed by atoms with Gasteiger partial charge in [-0.1, -0.05) is 13.8 Å². The summed E-state index contributed by atoms with van der Waals surface area (Å²) in [5.74, 6) is -1.01. The molecule has 1 fully saturated rings. The molecule has 1 saturated heterocycles. The van der Waals surface area contributed by atoms with Crippen LogP contribution in [0.3, 0.4) is 0 Å². The van der Waals surface area contributed by atoms with Gasteiger partial charge >= 0.3 is 12.0 Å². The van der Waals surface area contributed by atoms with Crippen LogP contribution in [0, 0.1) is 5.92 Å². The summed E-state index contributed by atoms with van der Waals surface area (Å²) in [6.07, 6.45) is 0.809. The molecule has 0 radical (unpaired) electrons. The second-order valence-corrected chi connectivity index (χ2v) is 4.70. The zero-order valence-electron chi connectivity index (χ0n) is 10.6. The molecule has 0 aromatic heterocycles. The van der Waals surface area contributed by atoms with Crippen LogP contribution in [0.1, 0.15) is 20.3 Å². The van der Waals surface area contributed by atoms with Gasteiger partial charge in [-0.3, -0.25) is 9.69 Å². The zero-order chi connectivity index (χ0) is 13.7. The predicted octanol–water partition coefficient (Wildman–Crippen LogP) is -0.373. The van der Waals surface area contributed by atoms with Crippen LogP contribution in [0.15, 0.2) is 0 Å². The number of nitrogens with one attached hydrogen (secondary N) is 2. The summed E-state index contributed by atoms with van der Waals surface area (Å²) >= 11 is 0. The number of rotatable bonds is 4. The fraction of sp³-hybridized carbons (Fsp3) is 0.727. The minimum atomic E-state index is -1.12. The Bertz CT molecular complexity index is 343. The Hall–Kier alpha value is -1.79. The Morgan fingerprint density at radius 1 is 1.56 bits per heavy atom. The lowest BCUT2D eigenvalue weighted by Gasteiger charge is -2.32. The molecule has 1 heterocycles. The lowest BCUT2D eigenvalue weighted by molar-refractivity contribution is -0.144. The van der Waals surface area contributed by atoms with Gasteiger partial charge in [0.2, 0.25) is 5.91 Å². The first-order chi connectivity index (χ1) is 8.41. The molecule has 18 heavy (non-hydrogen) atoms. The number of carbonyl (C=O) groups is 3. The Morgan fingerprint density at radius 2 is 2.22 bits per heavy atom. The van der Waals surface area contributed by atoms with Crippen LogP contribution >= 0.6 is 0 Å². The molecule has 102 valence electrons. The van der Waals surface area contributed by atoms with Gasteiger partial charge in [0, 0.05) is 13.1 Å². The molecule has 0 spiro atoms. The van der Waals surface area contributed by atoms with Gasteiger partial charge in [0.15, 0.2) is 0 Å². The highest BCUT2D eigenvalue weighted by Gasteiger charge is 2.34. The molecule has 1 aliphatic rings. The molecular weight excluding hydrogens is 238 g/mol. The third kappa shape index (κ3) is 3.90. The number of carboxylic acids is 1. The van der Waals surface area contributed by atoms with Crippen LogP contribution in [0.25, 0.3) is 0 Å². The summed E-state index contributed by atoms with van der Waals surface area (Å²) in [5, 5.41) is 14.0. The van der Waals surface area contributed by atoms with Crippen LogP contribution in [-0.4, -0.2) is 53.6 Å². The van der Waals surface area contributed by atoms with E-state index in [1.165, 1.54) is 0 Å². The van der Waals surface area contributed by atoms with Crippen molar-refractivity contribution in [2.24, 2.45) is 5.92 Å². The molecule has 1 rings (SSSR count). The standard InChI is InChI=1S/C11H19N3O4/c1-7(2)3-4-12-11(18)14-6-9(15)13-5-8(14)10(16)17/h7-8H,3-6H2,1-2H3,(H,12,18)(H,13,15)(H,16,17). The summed E-state index contributed by atoms with van der Waals surface area (Å²) in [6, 6.07) is -1.50. The van der Waals surface area contributed by atoms with Crippen LogP contribution in [0.5, 0.6) is 0 Å². The van der Waals surface area contributed by atoms with Gasteiger partial charge in [0.1, 0.15) is 12.6 Å². The van der Waals surface area contributed by atoms with E-state index in [0.717, 1.165) is 11.3 Å². The number of amides is 3. The van der Waals surface area contributed by atoms with Gasteiger partial charge in [-0.05, 0) is 12.3 Å². The molecule has 3 N–H and O–H groups in total. The van der Waals surface area contributed by atoms with Crippen LogP contribution in [-0.2, 0) is 9.59 Å². The largest absolute Gasteiger partial charge is 0.480 e. The average Bonchev–Trinajstić information content (AvgIpc) is 2.27. The van der Waals surface area contributed by atoms with E-state index < -0.39 is 18.0 Å². The van der Waals surface area contributed by atoms with E-state index >= 15 is 0 Å². The fourth-order valence-electron chi connectivity index (χ4n) is 1.64. The van der Waals surface area contributed by atoms with Crippen LogP contribution in [0.2, 0.25) is 0 Å². The quantitative estimate of drug-likeness (QED) is 0.639. The first-order valence-electron chi connectivity index (χ1n) is 5.95. The van der Waals surface area contributed by atoms with Gasteiger partial charge in [-0.2, -0.15) is 0 Å². The summed E-state index contributed by atoms with van der Waals surface area (Å²) in [7, 11) is 0. The van der Waals surface area contributed by atoms with Crippen molar-refractivity contribution in [2.75, 3.05) is 19.6 Å². The Morgan fingerprint density at radius 3 is 2.78 bits per heavy atom. The van der Waals surface area contributed by atoms with Gasteiger partial charge in [-0.15, -0.1) is 0 Å². The average molecular weight is 257 g/mol. The highest BCUT2D eigenvalue weighted by atomic mass is 16.4. The lowest BCUT2D eigenvalue weighted by atomic mass is 10.1. The number of carbonyl (C=O) groups excluding carboxylic acids is 2. The Labute approximate surface area is 106 Å². The third-order valence-electron chi connectivity index (χ3n) is 2.73. The smallest absolute Gasteiger partial charge is 0.328 e. The van der Waals surface area contributed by atoms with Crippen molar-refractivity contribution in [1.29, 1.82) is 0 Å². The van der Waals surface area contributed by atoms with Crippen molar-refractivity contribution in [3.8, 4) is 0 Å². The number of urea groups is 1. The SMILES string of the molecule is CC(C)CCNC(=O)N1CC(=O)NCC1C(=O)O. The van der Waals surface area contributed by atoms with E-state index in [1.807, 2.05) is 13.8 Å². The summed E-state index contributed by atoms with van der Waals surface area (Å²) in [4.78, 5) is 35.1. The number of carboxylic acid groups (broad SMARTS) is 1. The maximum absolute atomic E-state index is 11.8. The number of hydrogen-bond donors (Lipinski definition) is 3. The van der Waals surface area contributed by atoms with E-state index in [2.05, 4.69) is 10.6 Å². The molecule has 7 heteroatoms. The molecule has 1 aliphatic heterocycles. The van der Waals surface area contributed by atoms with Crippen LogP contribution in [0.4, 0.5) is 4.79 Å². The second kappa shape index (κ2) is 6.23. The van der Waals surface area contributed by atoms with Gasteiger partial charge in [0.05, 0.1) is 0 Å². The van der Waals surface area contributed by atoms with E-state index in [9.17, 15) is 14.4 Å². The maximum atomic E-state index is 11.8. The van der Waals surface area contributed by atoms with Crippen molar-refractivity contribution in [3.63, 3.8) is 0 Å². The number of piperazine rings is 1. The van der Waals surface area contributed by atoms with Crippen molar-refractivity contribution < 1.29 is 19.5 Å². The van der Waals surface area contributed by atoms with E-state index in [4.69, 9.17) is 5.11 Å². The van der Waals surface area contributed by atoms with Gasteiger partial charge < -0.3 is 15.7 Å². The van der Waals surface area contributed by atoms with Crippen molar-refractivity contribution in [1.82, 2.24) is 15.5 Å². The monoisotopic (exact) mass is 257 g/mol. The minimum Gasteiger partial charge on any atom is -0.480 e. The summed E-state index contributed by atoms with van der Waals surface area (Å²) < 4.78 is 0. The molecule has 0 aromatic rings. The number of nitrogens with zero attached hydrogens (tertiary/aromatic N) is 1. The molecule has 0 aliphatic carbocycles. The number of hydrogen-bond acceptors (Lipinski definition) is 3. The molecule has 1 unspecified atom stereocenters. The lowest BCUT2D eigenvalue weighted by Crippen LogP contribution is -2.61. The Balaban J connectivity index is 2.56. The van der Waals surface area contributed by atoms with E-state index in [0.29, 0.717) is 12.5 Å². The zero-order valence-corrected chi connectivity index (χ0v) is 10.6. The highest BCUT2D eigenvalue weighted by Crippen LogP contribution is 2.05. The third-order valence-corrected chi connectivity index (χ3v) is 2.73. The first-order valence-corrected chi connectivity index (χ1v) is 5.95. The highest BCUT2D eigenvalue weighted by molar-refractivity contribution is 5.90. The molecule has 0 bridgehead atoms. The first kappa shape index (κ1) is 14.3. The molecule has 0 saturated carbocycles. The van der Waals surface area contributed by atoms with Gasteiger partial charge in [0.25, 0.3) is 0 Å². The summed E-state index contributed by atoms with van der Waals surface area (Å²) in [6.45, 7) is 4.26. The van der Waals surface area contributed by atoms with Gasteiger partial charge in [-0.25, -0.2) is 9.59 Å². The topological polar surface area (TPSA) is 98.7 Å². The van der Waals surface area contributed by atoms with Crippen LogP contribution < -0.4 is 10.6 Å². The maximum Gasteiger partial charge on any atom is 0.328 e. The van der Waals surface area contributed by atoms with E-state index in [1.54, 1.807) is 0 Å². The molecule has 1 atom stereocenters. The minimum absolute atomic E-state index is 0.0498. The molecular formula is C11H19N3O4. The number of aliphatic carboxylic acids is 1. The summed E-state index contributed by atoms with van der Waals surface area (Å²) in [5.41, 5.74) is 0. The fourth-order valence-corrected chi connectivity index (χ4v) is 1.64. The normalized spacial score (nSPS) is 19.6. The molecule has 0 aromatic carbocycles. The van der Waals surface area contributed by atoms with E-state index in [-0.39, 0.29) is 19.0 Å². The predicted molar refractivity (Wildman–Crippen MR) is 64.0 cm³/mol. The van der Waals surface area contributed by atoms with Crippen molar-refractivity contribution >= 4 is 17.9 Å². The second-order valence-electron chi connectivity index (χ2n) is 4.70.